The summed E-state index contributed by atoms with van der Waals surface area (Å²) >= 11 is 0. The van der Waals surface area contributed by atoms with Gasteiger partial charge in [-0.05, 0) is 19.0 Å². The number of rotatable bonds is 6. The van der Waals surface area contributed by atoms with Crippen molar-refractivity contribution in [2.75, 3.05) is 20.3 Å². The molecule has 90 valence electrons. The monoisotopic (exact) mass is 229 g/mol. The molecular formula is C12H17F2NO. The van der Waals surface area contributed by atoms with E-state index in [4.69, 9.17) is 4.74 Å². The zero-order chi connectivity index (χ0) is 12.0. The second-order valence-electron chi connectivity index (χ2n) is 3.56. The number of halogens is 2. The number of methoxy groups -OCH3 is 1. The molecule has 1 unspecified atom stereocenters. The Bertz CT molecular complexity index is 331. The van der Waals surface area contributed by atoms with Crippen molar-refractivity contribution in [3.63, 3.8) is 0 Å². The van der Waals surface area contributed by atoms with Gasteiger partial charge in [0.2, 0.25) is 0 Å². The van der Waals surface area contributed by atoms with Gasteiger partial charge in [-0.1, -0.05) is 13.0 Å². The van der Waals surface area contributed by atoms with E-state index >= 15 is 0 Å². The van der Waals surface area contributed by atoms with Crippen LogP contribution in [0, 0.1) is 11.6 Å². The predicted molar refractivity (Wildman–Crippen MR) is 59.3 cm³/mol. The van der Waals surface area contributed by atoms with Crippen LogP contribution in [0.5, 0.6) is 0 Å². The van der Waals surface area contributed by atoms with Gasteiger partial charge >= 0.3 is 0 Å². The highest BCUT2D eigenvalue weighted by atomic mass is 19.1. The summed E-state index contributed by atoms with van der Waals surface area (Å²) in [4.78, 5) is 0. The van der Waals surface area contributed by atoms with Gasteiger partial charge in [-0.3, -0.25) is 0 Å². The topological polar surface area (TPSA) is 21.3 Å². The molecule has 4 heteroatoms. The molecule has 0 saturated carbocycles. The quantitative estimate of drug-likeness (QED) is 0.809. The molecule has 0 aliphatic heterocycles. The minimum Gasteiger partial charge on any atom is -0.385 e. The normalized spacial score (nSPS) is 12.8. The summed E-state index contributed by atoms with van der Waals surface area (Å²) in [7, 11) is 1.60. The average molecular weight is 229 g/mol. The number of nitrogens with one attached hydrogen (secondary N) is 1. The van der Waals surface area contributed by atoms with Crippen molar-refractivity contribution in [2.24, 2.45) is 0 Å². The van der Waals surface area contributed by atoms with Crippen LogP contribution >= 0.6 is 0 Å². The predicted octanol–water partition coefficient (Wildman–Crippen LogP) is 2.65. The van der Waals surface area contributed by atoms with E-state index in [1.165, 1.54) is 12.1 Å². The van der Waals surface area contributed by atoms with Crippen molar-refractivity contribution in [1.82, 2.24) is 5.32 Å². The van der Waals surface area contributed by atoms with E-state index in [9.17, 15) is 8.78 Å². The maximum Gasteiger partial charge on any atom is 0.130 e. The number of ether oxygens (including phenoxy) is 1. The molecular weight excluding hydrogens is 212 g/mol. The fourth-order valence-corrected chi connectivity index (χ4v) is 1.63. The van der Waals surface area contributed by atoms with Gasteiger partial charge in [0.25, 0.3) is 0 Å². The van der Waals surface area contributed by atoms with E-state index < -0.39 is 11.6 Å². The first-order chi connectivity index (χ1) is 7.69. The van der Waals surface area contributed by atoms with Crippen LogP contribution < -0.4 is 5.32 Å². The first kappa shape index (κ1) is 13.1. The molecule has 0 aromatic heterocycles. The Labute approximate surface area is 94.6 Å². The molecule has 0 saturated heterocycles. The van der Waals surface area contributed by atoms with Crippen molar-refractivity contribution in [3.8, 4) is 0 Å². The molecule has 1 N–H and O–H groups in total. The lowest BCUT2D eigenvalue weighted by Crippen LogP contribution is -2.23. The van der Waals surface area contributed by atoms with Crippen LogP contribution in [0.1, 0.15) is 24.9 Å². The number of hydrogen-bond donors (Lipinski definition) is 1. The Morgan fingerprint density at radius 1 is 1.38 bits per heavy atom. The van der Waals surface area contributed by atoms with Crippen LogP contribution in [0.25, 0.3) is 0 Å². The fraction of sp³-hybridized carbons (Fsp3) is 0.500. The van der Waals surface area contributed by atoms with Gasteiger partial charge in [0.15, 0.2) is 0 Å². The molecule has 1 aromatic carbocycles. The van der Waals surface area contributed by atoms with E-state index in [-0.39, 0.29) is 6.04 Å². The van der Waals surface area contributed by atoms with Crippen molar-refractivity contribution < 1.29 is 13.5 Å². The lowest BCUT2D eigenvalue weighted by atomic mass is 10.0. The van der Waals surface area contributed by atoms with Crippen LogP contribution in [0.4, 0.5) is 8.78 Å². The van der Waals surface area contributed by atoms with Gasteiger partial charge in [0.1, 0.15) is 11.6 Å². The molecule has 1 rings (SSSR count). The highest BCUT2D eigenvalue weighted by molar-refractivity contribution is 5.22. The largest absolute Gasteiger partial charge is 0.385 e. The Morgan fingerprint density at radius 2 is 2.12 bits per heavy atom. The van der Waals surface area contributed by atoms with Gasteiger partial charge in [-0.15, -0.1) is 0 Å². The Balaban J connectivity index is 2.82. The first-order valence-corrected chi connectivity index (χ1v) is 5.36. The smallest absolute Gasteiger partial charge is 0.130 e. The third kappa shape index (κ3) is 3.54. The van der Waals surface area contributed by atoms with Gasteiger partial charge in [0.05, 0.1) is 0 Å². The molecule has 0 fully saturated rings. The number of hydrogen-bond acceptors (Lipinski definition) is 2. The molecule has 0 aliphatic carbocycles. The minimum atomic E-state index is -0.553. The van der Waals surface area contributed by atoms with Gasteiger partial charge < -0.3 is 10.1 Å². The van der Waals surface area contributed by atoms with Crippen LogP contribution in [0.15, 0.2) is 18.2 Å². The fourth-order valence-electron chi connectivity index (χ4n) is 1.63. The number of benzene rings is 1. The maximum atomic E-state index is 13.5. The second kappa shape index (κ2) is 6.55. The molecule has 0 heterocycles. The molecule has 1 aromatic rings. The summed E-state index contributed by atoms with van der Waals surface area (Å²) < 4.78 is 31.3. The molecule has 16 heavy (non-hydrogen) atoms. The van der Waals surface area contributed by atoms with Crippen LogP contribution in [0.3, 0.4) is 0 Å². The summed E-state index contributed by atoms with van der Waals surface area (Å²) in [6.07, 6.45) is 0.660. The summed E-state index contributed by atoms with van der Waals surface area (Å²) in [5.74, 6) is -1.06. The molecule has 0 spiro atoms. The van der Waals surface area contributed by atoms with E-state index in [1.54, 1.807) is 7.11 Å². The summed E-state index contributed by atoms with van der Waals surface area (Å²) in [5.41, 5.74) is 0.486. The van der Waals surface area contributed by atoms with E-state index in [1.807, 2.05) is 6.92 Å². The SMILES string of the molecule is CCNC(CCOC)c1ccc(F)cc1F. The lowest BCUT2D eigenvalue weighted by molar-refractivity contribution is 0.182. The average Bonchev–Trinajstić information content (AvgIpc) is 2.25. The Kier molecular flexibility index (Phi) is 5.35. The van der Waals surface area contributed by atoms with Crippen LogP contribution in [-0.2, 0) is 4.74 Å². The van der Waals surface area contributed by atoms with Gasteiger partial charge in [-0.2, -0.15) is 0 Å². The van der Waals surface area contributed by atoms with Crippen molar-refractivity contribution in [1.29, 1.82) is 0 Å². The van der Waals surface area contributed by atoms with Crippen molar-refractivity contribution >= 4 is 0 Å². The standard InChI is InChI=1S/C12H17F2NO/c1-3-15-12(6-7-16-2)10-5-4-9(13)8-11(10)14/h4-5,8,12,15H,3,6-7H2,1-2H3. The molecule has 0 radical (unpaired) electrons. The molecule has 2 nitrogen and oxygen atoms in total. The molecule has 0 aliphatic rings. The summed E-state index contributed by atoms with van der Waals surface area (Å²) in [6, 6.07) is 3.53. The highest BCUT2D eigenvalue weighted by Crippen LogP contribution is 2.20. The zero-order valence-corrected chi connectivity index (χ0v) is 9.59. The third-order valence-corrected chi connectivity index (χ3v) is 2.40. The first-order valence-electron chi connectivity index (χ1n) is 5.36. The van der Waals surface area contributed by atoms with Crippen LogP contribution in [-0.4, -0.2) is 20.3 Å². The van der Waals surface area contributed by atoms with E-state index in [2.05, 4.69) is 5.32 Å². The lowest BCUT2D eigenvalue weighted by Gasteiger charge is -2.18. The Morgan fingerprint density at radius 3 is 2.69 bits per heavy atom. The summed E-state index contributed by atoms with van der Waals surface area (Å²) in [5, 5.41) is 3.15. The third-order valence-electron chi connectivity index (χ3n) is 2.40. The van der Waals surface area contributed by atoms with Crippen molar-refractivity contribution in [3.05, 3.63) is 35.4 Å². The van der Waals surface area contributed by atoms with Gasteiger partial charge in [-0.25, -0.2) is 8.78 Å². The van der Waals surface area contributed by atoms with Crippen molar-refractivity contribution in [2.45, 2.75) is 19.4 Å². The molecule has 0 bridgehead atoms. The van der Waals surface area contributed by atoms with Gasteiger partial charge in [0, 0.05) is 31.4 Å². The van der Waals surface area contributed by atoms with E-state index in [0.29, 0.717) is 18.6 Å². The summed E-state index contributed by atoms with van der Waals surface area (Å²) in [6.45, 7) is 3.21. The minimum absolute atomic E-state index is 0.134. The highest BCUT2D eigenvalue weighted by Gasteiger charge is 2.14. The second-order valence-corrected chi connectivity index (χ2v) is 3.56. The maximum absolute atomic E-state index is 13.5. The van der Waals surface area contributed by atoms with Crippen LogP contribution in [0.2, 0.25) is 0 Å². The molecule has 1 atom stereocenters. The Hall–Kier alpha value is -1.00. The zero-order valence-electron chi connectivity index (χ0n) is 9.59. The molecule has 0 amide bonds. The van der Waals surface area contributed by atoms with E-state index in [0.717, 1.165) is 12.6 Å².